The van der Waals surface area contributed by atoms with Crippen molar-refractivity contribution in [1.82, 2.24) is 4.98 Å². The molecule has 3 amide bonds. The Balaban J connectivity index is 0.000000385. The van der Waals surface area contributed by atoms with Gasteiger partial charge in [0.05, 0.1) is 0 Å². The van der Waals surface area contributed by atoms with Gasteiger partial charge in [-0.05, 0) is 61.1 Å². The first-order valence-corrected chi connectivity index (χ1v) is 13.6. The molecule has 1 aromatic heterocycles. The summed E-state index contributed by atoms with van der Waals surface area (Å²) in [5.74, 6) is -1.69. The van der Waals surface area contributed by atoms with E-state index in [0.29, 0.717) is 49.8 Å². The molecule has 224 valence electrons. The quantitative estimate of drug-likeness (QED) is 0.343. The molecule has 42 heavy (non-hydrogen) atoms. The summed E-state index contributed by atoms with van der Waals surface area (Å²) in [5, 5.41) is 5.01. The second kappa shape index (κ2) is 13.5. The molecule has 2 aliphatic rings. The SMILES string of the molecule is CC1CCCN(c2nc(C(F)(F)F)c(C(=O)Nc3ccc4c(c3)CCN4C(=O)CCN)o2)C1.O=CNc1ccccc1. The Labute approximate surface area is 241 Å². The van der Waals surface area contributed by atoms with E-state index in [2.05, 4.69) is 15.6 Å². The lowest BCUT2D eigenvalue weighted by atomic mass is 10.0. The first kappa shape index (κ1) is 30.6. The van der Waals surface area contributed by atoms with Crippen LogP contribution in [0, 0.1) is 5.92 Å². The van der Waals surface area contributed by atoms with Crippen LogP contribution < -0.4 is 26.2 Å². The van der Waals surface area contributed by atoms with Gasteiger partial charge in [0.25, 0.3) is 11.9 Å². The van der Waals surface area contributed by atoms with Gasteiger partial charge in [0.15, 0.2) is 5.69 Å². The van der Waals surface area contributed by atoms with E-state index in [1.165, 1.54) is 0 Å². The van der Waals surface area contributed by atoms with Crippen LogP contribution in [0.2, 0.25) is 0 Å². The van der Waals surface area contributed by atoms with Crippen LogP contribution in [0.3, 0.4) is 0 Å². The summed E-state index contributed by atoms with van der Waals surface area (Å²) >= 11 is 0. The van der Waals surface area contributed by atoms with Crippen molar-refractivity contribution in [3.8, 4) is 0 Å². The number of aromatic nitrogens is 1. The molecule has 3 heterocycles. The number of amides is 3. The normalized spacial score (nSPS) is 16.3. The highest BCUT2D eigenvalue weighted by molar-refractivity contribution is 6.04. The van der Waals surface area contributed by atoms with Gasteiger partial charge in [-0.15, -0.1) is 0 Å². The number of para-hydroxylation sites is 1. The van der Waals surface area contributed by atoms with Gasteiger partial charge in [-0.2, -0.15) is 18.2 Å². The monoisotopic (exact) mass is 586 g/mol. The molecule has 10 nitrogen and oxygen atoms in total. The number of hydrogen-bond acceptors (Lipinski definition) is 7. The summed E-state index contributed by atoms with van der Waals surface area (Å²) in [7, 11) is 0. The number of rotatable bonds is 7. The summed E-state index contributed by atoms with van der Waals surface area (Å²) in [4.78, 5) is 41.7. The molecule has 0 saturated carbocycles. The maximum atomic E-state index is 13.6. The van der Waals surface area contributed by atoms with E-state index < -0.39 is 23.5 Å². The lowest BCUT2D eigenvalue weighted by Gasteiger charge is -2.29. The number of anilines is 4. The van der Waals surface area contributed by atoms with Crippen molar-refractivity contribution in [1.29, 1.82) is 0 Å². The average Bonchev–Trinajstić information content (AvgIpc) is 3.60. The van der Waals surface area contributed by atoms with Crippen LogP contribution in [-0.2, 0) is 22.2 Å². The molecule has 5 rings (SSSR count). The Kier molecular flexibility index (Phi) is 9.84. The number of oxazole rings is 1. The topological polar surface area (TPSA) is 134 Å². The summed E-state index contributed by atoms with van der Waals surface area (Å²) in [6.45, 7) is 3.78. The summed E-state index contributed by atoms with van der Waals surface area (Å²) in [6, 6.07) is 14.0. The molecule has 4 N–H and O–H groups in total. The zero-order valence-corrected chi connectivity index (χ0v) is 23.1. The lowest BCUT2D eigenvalue weighted by molar-refractivity contribution is -0.141. The van der Waals surface area contributed by atoms with Gasteiger partial charge in [0.2, 0.25) is 18.1 Å². The first-order chi connectivity index (χ1) is 20.1. The summed E-state index contributed by atoms with van der Waals surface area (Å²) < 4.78 is 46.1. The number of alkyl halides is 3. The number of nitrogens with one attached hydrogen (secondary N) is 2. The van der Waals surface area contributed by atoms with Gasteiger partial charge in [0.1, 0.15) is 0 Å². The number of fused-ring (bicyclic) bond motifs is 1. The highest BCUT2D eigenvalue weighted by Gasteiger charge is 2.42. The molecule has 1 atom stereocenters. The number of nitrogens with zero attached hydrogens (tertiary/aromatic N) is 3. The van der Waals surface area contributed by atoms with Gasteiger partial charge in [-0.1, -0.05) is 25.1 Å². The van der Waals surface area contributed by atoms with Gasteiger partial charge >= 0.3 is 6.18 Å². The Bertz CT molecular complexity index is 1400. The molecule has 0 bridgehead atoms. The minimum absolute atomic E-state index is 0.0934. The smallest absolute Gasteiger partial charge is 0.417 e. The standard InChI is InChI=1S/C22H26F3N5O3.C7H7NO/c1-13-3-2-9-29(12-13)21-28-19(22(23,24)25)18(33-21)20(32)27-15-4-5-16-14(11-15)7-10-30(16)17(31)6-8-26;9-6-8-7-4-2-1-3-5-7/h4-5,11,13H,2-3,6-10,12,26H2,1H3,(H,27,32);1-6H,(H,8,9). The molecule has 1 fully saturated rings. The number of hydrogen-bond donors (Lipinski definition) is 3. The van der Waals surface area contributed by atoms with Gasteiger partial charge in [-0.25, -0.2) is 0 Å². The van der Waals surface area contributed by atoms with Crippen LogP contribution in [0.4, 0.5) is 36.2 Å². The highest BCUT2D eigenvalue weighted by atomic mass is 19.4. The highest BCUT2D eigenvalue weighted by Crippen LogP contribution is 2.36. The molecule has 0 spiro atoms. The maximum absolute atomic E-state index is 13.6. The predicted molar refractivity (Wildman–Crippen MR) is 152 cm³/mol. The summed E-state index contributed by atoms with van der Waals surface area (Å²) in [6.07, 6.45) is -1.59. The number of nitrogens with two attached hydrogens (primary N) is 1. The van der Waals surface area contributed by atoms with E-state index in [1.54, 1.807) is 28.0 Å². The zero-order valence-electron chi connectivity index (χ0n) is 23.1. The van der Waals surface area contributed by atoms with Crippen LogP contribution in [0.5, 0.6) is 0 Å². The Morgan fingerprint density at radius 3 is 2.57 bits per heavy atom. The second-order valence-corrected chi connectivity index (χ2v) is 10.1. The molecule has 3 aromatic rings. The lowest BCUT2D eigenvalue weighted by Crippen LogP contribution is -2.34. The van der Waals surface area contributed by atoms with Crippen LogP contribution in [0.15, 0.2) is 52.9 Å². The molecule has 0 radical (unpaired) electrons. The van der Waals surface area contributed by atoms with Gasteiger partial charge < -0.3 is 30.6 Å². The van der Waals surface area contributed by atoms with Crippen LogP contribution >= 0.6 is 0 Å². The molecular weight excluding hydrogens is 553 g/mol. The first-order valence-electron chi connectivity index (χ1n) is 13.6. The largest absolute Gasteiger partial charge is 0.437 e. The van der Waals surface area contributed by atoms with Crippen LogP contribution in [-0.4, -0.2) is 49.4 Å². The van der Waals surface area contributed by atoms with E-state index >= 15 is 0 Å². The average molecular weight is 587 g/mol. The van der Waals surface area contributed by atoms with E-state index in [0.717, 1.165) is 24.1 Å². The molecule has 1 saturated heterocycles. The van der Waals surface area contributed by atoms with Crippen molar-refractivity contribution in [2.24, 2.45) is 11.7 Å². The van der Waals surface area contributed by atoms with Crippen molar-refractivity contribution in [2.75, 3.05) is 46.6 Å². The maximum Gasteiger partial charge on any atom is 0.437 e. The third-order valence-electron chi connectivity index (χ3n) is 6.91. The number of halogens is 3. The van der Waals surface area contributed by atoms with Crippen molar-refractivity contribution >= 4 is 41.3 Å². The molecule has 1 unspecified atom stereocenters. The third-order valence-corrected chi connectivity index (χ3v) is 6.91. The second-order valence-electron chi connectivity index (χ2n) is 10.1. The molecule has 2 aliphatic heterocycles. The minimum atomic E-state index is -4.84. The van der Waals surface area contributed by atoms with Gasteiger partial charge in [-0.3, -0.25) is 14.4 Å². The number of benzene rings is 2. The van der Waals surface area contributed by atoms with Crippen molar-refractivity contribution in [3.63, 3.8) is 0 Å². The number of piperidine rings is 1. The Morgan fingerprint density at radius 1 is 1.14 bits per heavy atom. The minimum Gasteiger partial charge on any atom is -0.417 e. The molecule has 0 aliphatic carbocycles. The third kappa shape index (κ3) is 7.46. The predicted octanol–water partition coefficient (Wildman–Crippen LogP) is 4.67. The zero-order chi connectivity index (χ0) is 30.3. The van der Waals surface area contributed by atoms with Crippen molar-refractivity contribution in [3.05, 3.63) is 65.5 Å². The van der Waals surface area contributed by atoms with Crippen LogP contribution in [0.1, 0.15) is 48.0 Å². The van der Waals surface area contributed by atoms with E-state index in [9.17, 15) is 27.6 Å². The van der Waals surface area contributed by atoms with Gasteiger partial charge in [0, 0.05) is 49.7 Å². The summed E-state index contributed by atoms with van der Waals surface area (Å²) in [5.41, 5.74) is 6.78. The van der Waals surface area contributed by atoms with Crippen LogP contribution in [0.25, 0.3) is 0 Å². The van der Waals surface area contributed by atoms with Crippen molar-refractivity contribution < 1.29 is 32.0 Å². The number of carbonyl (C=O) groups is 3. The fourth-order valence-electron chi connectivity index (χ4n) is 4.94. The number of carbonyl (C=O) groups excluding carboxylic acids is 3. The van der Waals surface area contributed by atoms with E-state index in [-0.39, 0.29) is 24.9 Å². The molecular formula is C29H33F3N6O4. The Hall–Kier alpha value is -4.39. The fourth-order valence-corrected chi connectivity index (χ4v) is 4.94. The van der Waals surface area contributed by atoms with Crippen molar-refractivity contribution in [2.45, 2.75) is 38.8 Å². The van der Waals surface area contributed by atoms with E-state index in [1.807, 2.05) is 37.3 Å². The fraction of sp³-hybridized carbons (Fsp3) is 0.379. The molecule has 2 aromatic carbocycles. The Morgan fingerprint density at radius 2 is 1.90 bits per heavy atom. The molecule has 13 heteroatoms. The van der Waals surface area contributed by atoms with E-state index in [4.69, 9.17) is 10.2 Å².